The van der Waals surface area contributed by atoms with E-state index in [4.69, 9.17) is 23.8 Å². The molecule has 0 aliphatic rings. The third-order valence-corrected chi connectivity index (χ3v) is 3.77. The fraction of sp³-hybridized carbons (Fsp3) is 0.143. The molecule has 0 fully saturated rings. The van der Waals surface area contributed by atoms with Gasteiger partial charge < -0.3 is 9.55 Å². The van der Waals surface area contributed by atoms with Crippen molar-refractivity contribution in [3.05, 3.63) is 58.1 Å². The van der Waals surface area contributed by atoms with Crippen molar-refractivity contribution in [1.82, 2.24) is 14.5 Å². The monoisotopic (exact) mass is 289 g/mol. The first-order valence-electron chi connectivity index (χ1n) is 5.96. The Morgan fingerprint density at radius 3 is 2.95 bits per heavy atom. The standard InChI is InChI=1S/C14H12ClN3S/c1-9(10-3-2-6-16-8-10)18-13-5-4-11(15)7-12(13)17-14(18)19/h2-9H,1H3,(H,17,19). The number of pyridine rings is 1. The van der Waals surface area contributed by atoms with Crippen LogP contribution >= 0.6 is 23.8 Å². The number of nitrogens with one attached hydrogen (secondary N) is 1. The lowest BCUT2D eigenvalue weighted by Gasteiger charge is -2.14. The van der Waals surface area contributed by atoms with Crippen LogP contribution in [-0.2, 0) is 0 Å². The first-order chi connectivity index (χ1) is 9.16. The van der Waals surface area contributed by atoms with Crippen LogP contribution in [0.2, 0.25) is 5.02 Å². The molecule has 96 valence electrons. The van der Waals surface area contributed by atoms with E-state index in [0.717, 1.165) is 16.6 Å². The molecule has 5 heteroatoms. The van der Waals surface area contributed by atoms with Crippen LogP contribution in [0.3, 0.4) is 0 Å². The normalized spacial score (nSPS) is 12.7. The largest absolute Gasteiger partial charge is 0.331 e. The summed E-state index contributed by atoms with van der Waals surface area (Å²) >= 11 is 11.4. The minimum absolute atomic E-state index is 0.121. The third-order valence-electron chi connectivity index (χ3n) is 3.23. The molecule has 1 aromatic carbocycles. The summed E-state index contributed by atoms with van der Waals surface area (Å²) in [5, 5.41) is 0.699. The van der Waals surface area contributed by atoms with Crippen molar-refractivity contribution < 1.29 is 0 Å². The lowest BCUT2D eigenvalue weighted by atomic mass is 10.1. The summed E-state index contributed by atoms with van der Waals surface area (Å²) in [5.74, 6) is 0. The van der Waals surface area contributed by atoms with E-state index in [2.05, 4.69) is 21.5 Å². The second-order valence-corrected chi connectivity index (χ2v) is 5.25. The van der Waals surface area contributed by atoms with Gasteiger partial charge in [-0.05, 0) is 49.0 Å². The minimum Gasteiger partial charge on any atom is -0.331 e. The van der Waals surface area contributed by atoms with Crippen molar-refractivity contribution in [1.29, 1.82) is 0 Å². The van der Waals surface area contributed by atoms with Crippen LogP contribution in [0.5, 0.6) is 0 Å². The van der Waals surface area contributed by atoms with Crippen molar-refractivity contribution in [3.63, 3.8) is 0 Å². The number of aromatic amines is 1. The molecular weight excluding hydrogens is 278 g/mol. The molecule has 0 aliphatic heterocycles. The van der Waals surface area contributed by atoms with Crippen molar-refractivity contribution in [3.8, 4) is 0 Å². The molecule has 3 aromatic rings. The second-order valence-electron chi connectivity index (χ2n) is 4.42. The molecule has 2 aromatic heterocycles. The Morgan fingerprint density at radius 1 is 1.37 bits per heavy atom. The molecule has 1 N–H and O–H groups in total. The predicted molar refractivity (Wildman–Crippen MR) is 80.2 cm³/mol. The number of fused-ring (bicyclic) bond motifs is 1. The molecule has 0 aliphatic carbocycles. The van der Waals surface area contributed by atoms with Crippen molar-refractivity contribution in [2.24, 2.45) is 0 Å². The summed E-state index contributed by atoms with van der Waals surface area (Å²) in [7, 11) is 0. The number of aromatic nitrogens is 3. The molecule has 3 nitrogen and oxygen atoms in total. The molecule has 19 heavy (non-hydrogen) atoms. The van der Waals surface area contributed by atoms with Crippen LogP contribution < -0.4 is 0 Å². The molecule has 0 bridgehead atoms. The summed E-state index contributed by atoms with van der Waals surface area (Å²) in [6.07, 6.45) is 3.63. The number of halogens is 1. The van der Waals surface area contributed by atoms with Gasteiger partial charge in [0.05, 0.1) is 17.1 Å². The molecule has 3 rings (SSSR count). The summed E-state index contributed by atoms with van der Waals surface area (Å²) in [4.78, 5) is 7.35. The first kappa shape index (κ1) is 12.4. The SMILES string of the molecule is CC(c1cccnc1)n1c(=S)[nH]c2cc(Cl)ccc21. The lowest BCUT2D eigenvalue weighted by molar-refractivity contribution is 0.646. The van der Waals surface area contributed by atoms with Crippen LogP contribution in [0.1, 0.15) is 18.5 Å². The van der Waals surface area contributed by atoms with Gasteiger partial charge in [-0.3, -0.25) is 4.98 Å². The van der Waals surface area contributed by atoms with E-state index in [1.54, 1.807) is 6.20 Å². The minimum atomic E-state index is 0.121. The first-order valence-corrected chi connectivity index (χ1v) is 6.75. The molecular formula is C14H12ClN3S. The number of H-pyrrole nitrogens is 1. The Morgan fingerprint density at radius 2 is 2.21 bits per heavy atom. The average molecular weight is 290 g/mol. The van der Waals surface area contributed by atoms with Crippen molar-refractivity contribution in [2.75, 3.05) is 0 Å². The molecule has 0 radical (unpaired) electrons. The number of imidazole rings is 1. The Labute approximate surface area is 120 Å². The van der Waals surface area contributed by atoms with E-state index in [1.165, 1.54) is 0 Å². The highest BCUT2D eigenvalue weighted by Gasteiger charge is 2.13. The molecule has 1 unspecified atom stereocenters. The zero-order valence-electron chi connectivity index (χ0n) is 10.3. The highest BCUT2D eigenvalue weighted by molar-refractivity contribution is 7.71. The quantitative estimate of drug-likeness (QED) is 0.711. The Hall–Kier alpha value is -1.65. The van der Waals surface area contributed by atoms with Crippen LogP contribution in [-0.4, -0.2) is 14.5 Å². The zero-order chi connectivity index (χ0) is 13.4. The summed E-state index contributed by atoms with van der Waals surface area (Å²) in [6.45, 7) is 2.11. The highest BCUT2D eigenvalue weighted by Crippen LogP contribution is 2.25. The van der Waals surface area contributed by atoms with Gasteiger partial charge in [-0.1, -0.05) is 17.7 Å². The van der Waals surface area contributed by atoms with Crippen molar-refractivity contribution >= 4 is 34.9 Å². The van der Waals surface area contributed by atoms with Crippen LogP contribution in [0.25, 0.3) is 11.0 Å². The number of benzene rings is 1. The number of rotatable bonds is 2. The number of hydrogen-bond donors (Lipinski definition) is 1. The van der Waals surface area contributed by atoms with Gasteiger partial charge >= 0.3 is 0 Å². The van der Waals surface area contributed by atoms with Gasteiger partial charge in [0.2, 0.25) is 0 Å². The van der Waals surface area contributed by atoms with Crippen molar-refractivity contribution in [2.45, 2.75) is 13.0 Å². The van der Waals surface area contributed by atoms with E-state index in [9.17, 15) is 0 Å². The maximum absolute atomic E-state index is 6.00. The molecule has 0 saturated heterocycles. The molecule has 0 saturated carbocycles. The lowest BCUT2D eigenvalue weighted by Crippen LogP contribution is -2.06. The molecule has 1 atom stereocenters. The molecule has 0 amide bonds. The molecule has 2 heterocycles. The number of hydrogen-bond acceptors (Lipinski definition) is 2. The topological polar surface area (TPSA) is 33.6 Å². The summed E-state index contributed by atoms with van der Waals surface area (Å²) in [5.41, 5.74) is 3.12. The zero-order valence-corrected chi connectivity index (χ0v) is 11.9. The average Bonchev–Trinajstić information content (AvgIpc) is 2.74. The van der Waals surface area contributed by atoms with Gasteiger partial charge in [-0.15, -0.1) is 0 Å². The Balaban J connectivity index is 2.20. The second kappa shape index (κ2) is 4.79. The van der Waals surface area contributed by atoms with Gasteiger partial charge in [0.25, 0.3) is 0 Å². The van der Waals surface area contributed by atoms with Crippen LogP contribution in [0.15, 0.2) is 42.7 Å². The van der Waals surface area contributed by atoms with E-state index >= 15 is 0 Å². The summed E-state index contributed by atoms with van der Waals surface area (Å²) in [6, 6.07) is 9.85. The van der Waals surface area contributed by atoms with E-state index in [1.807, 2.05) is 36.5 Å². The summed E-state index contributed by atoms with van der Waals surface area (Å²) < 4.78 is 2.77. The van der Waals surface area contributed by atoms with Gasteiger partial charge in [-0.25, -0.2) is 0 Å². The van der Waals surface area contributed by atoms with Gasteiger partial charge in [0.1, 0.15) is 0 Å². The van der Waals surface area contributed by atoms with E-state index in [0.29, 0.717) is 9.79 Å². The van der Waals surface area contributed by atoms with E-state index < -0.39 is 0 Å². The highest BCUT2D eigenvalue weighted by atomic mass is 35.5. The van der Waals surface area contributed by atoms with Crippen LogP contribution in [0, 0.1) is 4.77 Å². The third kappa shape index (κ3) is 2.17. The Kier molecular flexibility index (Phi) is 3.12. The maximum Gasteiger partial charge on any atom is 0.178 e. The van der Waals surface area contributed by atoms with E-state index in [-0.39, 0.29) is 6.04 Å². The van der Waals surface area contributed by atoms with Crippen LogP contribution in [0.4, 0.5) is 0 Å². The Bertz CT molecular complexity index is 776. The fourth-order valence-corrected chi connectivity index (χ4v) is 2.80. The maximum atomic E-state index is 6.00. The van der Waals surface area contributed by atoms with Gasteiger partial charge in [-0.2, -0.15) is 0 Å². The van der Waals surface area contributed by atoms with Gasteiger partial charge in [0.15, 0.2) is 4.77 Å². The smallest absolute Gasteiger partial charge is 0.178 e. The molecule has 0 spiro atoms. The van der Waals surface area contributed by atoms with Gasteiger partial charge in [0, 0.05) is 17.4 Å². The fourth-order valence-electron chi connectivity index (χ4n) is 2.26. The predicted octanol–water partition coefficient (Wildman–Crippen LogP) is 4.36. The number of nitrogens with zero attached hydrogens (tertiary/aromatic N) is 2.